The summed E-state index contributed by atoms with van der Waals surface area (Å²) < 4.78 is 0. The van der Waals surface area contributed by atoms with E-state index in [0.717, 1.165) is 5.56 Å². The van der Waals surface area contributed by atoms with Gasteiger partial charge in [-0.1, -0.05) is 43.7 Å². The van der Waals surface area contributed by atoms with Crippen molar-refractivity contribution < 1.29 is 4.79 Å². The van der Waals surface area contributed by atoms with Crippen LogP contribution < -0.4 is 5.73 Å². The number of rotatable bonds is 5. The molecule has 3 nitrogen and oxygen atoms in total. The van der Waals surface area contributed by atoms with Gasteiger partial charge in [0, 0.05) is 13.6 Å². The maximum Gasteiger partial charge on any atom is 0.226 e. The molecule has 1 aromatic carbocycles. The van der Waals surface area contributed by atoms with E-state index in [4.69, 9.17) is 5.73 Å². The van der Waals surface area contributed by atoms with Gasteiger partial charge in [-0.05, 0) is 24.4 Å². The molecule has 0 heterocycles. The van der Waals surface area contributed by atoms with E-state index in [-0.39, 0.29) is 11.3 Å². The Morgan fingerprint density at radius 3 is 2.61 bits per heavy atom. The fourth-order valence-corrected chi connectivity index (χ4v) is 1.93. The first-order valence-electron chi connectivity index (χ1n) is 6.34. The lowest BCUT2D eigenvalue weighted by Crippen LogP contribution is -2.40. The molecule has 0 aliphatic carbocycles. The number of aryl methyl sites for hydroxylation is 1. The number of carbonyl (C=O) groups excluding carboxylic acids is 1. The maximum atomic E-state index is 12.1. The Labute approximate surface area is 110 Å². The molecule has 100 valence electrons. The zero-order valence-corrected chi connectivity index (χ0v) is 11.9. The van der Waals surface area contributed by atoms with Crippen LogP contribution >= 0.6 is 0 Å². The molecule has 0 unspecified atom stereocenters. The topological polar surface area (TPSA) is 46.3 Å². The van der Waals surface area contributed by atoms with E-state index >= 15 is 0 Å². The average Bonchev–Trinajstić information content (AvgIpc) is 2.28. The van der Waals surface area contributed by atoms with Crippen molar-refractivity contribution in [3.8, 4) is 0 Å². The Morgan fingerprint density at radius 2 is 2.06 bits per heavy atom. The Kier molecular flexibility index (Phi) is 4.91. The van der Waals surface area contributed by atoms with Crippen LogP contribution in [0.15, 0.2) is 24.3 Å². The summed E-state index contributed by atoms with van der Waals surface area (Å²) in [4.78, 5) is 13.9. The highest BCUT2D eigenvalue weighted by Gasteiger charge is 2.21. The van der Waals surface area contributed by atoms with Gasteiger partial charge in [-0.2, -0.15) is 0 Å². The molecule has 3 heteroatoms. The van der Waals surface area contributed by atoms with Gasteiger partial charge in [-0.3, -0.25) is 4.79 Å². The number of carbonyl (C=O) groups is 1. The third-order valence-electron chi connectivity index (χ3n) is 3.08. The van der Waals surface area contributed by atoms with Crippen molar-refractivity contribution in [3.05, 3.63) is 35.4 Å². The highest BCUT2D eigenvalue weighted by molar-refractivity contribution is 5.78. The van der Waals surface area contributed by atoms with Gasteiger partial charge in [0.05, 0.1) is 6.42 Å². The van der Waals surface area contributed by atoms with Crippen LogP contribution in [0, 0.1) is 12.3 Å². The van der Waals surface area contributed by atoms with Crippen molar-refractivity contribution >= 4 is 5.91 Å². The third-order valence-corrected chi connectivity index (χ3v) is 3.08. The number of nitrogens with two attached hydrogens (primary N) is 1. The van der Waals surface area contributed by atoms with E-state index in [1.165, 1.54) is 5.56 Å². The van der Waals surface area contributed by atoms with Gasteiger partial charge in [0.2, 0.25) is 5.91 Å². The Balaban J connectivity index is 2.60. The number of benzene rings is 1. The largest absolute Gasteiger partial charge is 0.345 e. The molecule has 0 fully saturated rings. The molecule has 0 aliphatic rings. The smallest absolute Gasteiger partial charge is 0.226 e. The predicted molar refractivity (Wildman–Crippen MR) is 75.4 cm³/mol. The van der Waals surface area contributed by atoms with Crippen LogP contribution in [0.1, 0.15) is 25.0 Å². The molecule has 0 aliphatic heterocycles. The van der Waals surface area contributed by atoms with Crippen molar-refractivity contribution in [1.29, 1.82) is 0 Å². The monoisotopic (exact) mass is 248 g/mol. The molecule has 0 atom stereocenters. The SMILES string of the molecule is Cc1cccc(CC(=O)N(C)CC(C)(C)CN)c1. The molecule has 0 saturated carbocycles. The second-order valence-electron chi connectivity index (χ2n) is 5.78. The first-order valence-corrected chi connectivity index (χ1v) is 6.34. The first-order chi connectivity index (χ1) is 8.34. The number of nitrogens with zero attached hydrogens (tertiary/aromatic N) is 1. The standard InChI is InChI=1S/C15H24N2O/c1-12-6-5-7-13(8-12)9-14(18)17(4)11-15(2,3)10-16/h5-8H,9-11,16H2,1-4H3. The average molecular weight is 248 g/mol. The van der Waals surface area contributed by atoms with E-state index in [9.17, 15) is 4.79 Å². The summed E-state index contributed by atoms with van der Waals surface area (Å²) in [7, 11) is 1.84. The summed E-state index contributed by atoms with van der Waals surface area (Å²) in [5.74, 6) is 0.141. The normalized spacial score (nSPS) is 11.4. The minimum Gasteiger partial charge on any atom is -0.345 e. The Morgan fingerprint density at radius 1 is 1.39 bits per heavy atom. The summed E-state index contributed by atoms with van der Waals surface area (Å²) in [6.07, 6.45) is 0.457. The van der Waals surface area contributed by atoms with Crippen LogP contribution in [-0.2, 0) is 11.2 Å². The minimum atomic E-state index is -0.0307. The number of likely N-dealkylation sites (N-methyl/N-ethyl adjacent to an activating group) is 1. The first kappa shape index (κ1) is 14.7. The predicted octanol–water partition coefficient (Wildman–Crippen LogP) is 1.98. The van der Waals surface area contributed by atoms with Crippen molar-refractivity contribution in [2.45, 2.75) is 27.2 Å². The molecular weight excluding hydrogens is 224 g/mol. The van der Waals surface area contributed by atoms with Crippen LogP contribution in [-0.4, -0.2) is 30.9 Å². The Hall–Kier alpha value is -1.35. The number of hydrogen-bond acceptors (Lipinski definition) is 2. The summed E-state index contributed by atoms with van der Waals surface area (Å²) >= 11 is 0. The van der Waals surface area contributed by atoms with E-state index < -0.39 is 0 Å². The molecule has 2 N–H and O–H groups in total. The van der Waals surface area contributed by atoms with Crippen LogP contribution in [0.4, 0.5) is 0 Å². The molecule has 0 aromatic heterocycles. The molecule has 0 saturated heterocycles. The van der Waals surface area contributed by atoms with Crippen LogP contribution in [0.2, 0.25) is 0 Å². The van der Waals surface area contributed by atoms with Gasteiger partial charge in [-0.25, -0.2) is 0 Å². The molecule has 1 rings (SSSR count). The number of amides is 1. The van der Waals surface area contributed by atoms with Gasteiger partial charge in [-0.15, -0.1) is 0 Å². The molecule has 18 heavy (non-hydrogen) atoms. The highest BCUT2D eigenvalue weighted by Crippen LogP contribution is 2.15. The van der Waals surface area contributed by atoms with Crippen LogP contribution in [0.3, 0.4) is 0 Å². The summed E-state index contributed by atoms with van der Waals surface area (Å²) in [5.41, 5.74) is 7.91. The molecular formula is C15H24N2O. The van der Waals surface area contributed by atoms with E-state index in [1.54, 1.807) is 4.90 Å². The lowest BCUT2D eigenvalue weighted by molar-refractivity contribution is -0.130. The van der Waals surface area contributed by atoms with Crippen molar-refractivity contribution in [1.82, 2.24) is 4.90 Å². The van der Waals surface area contributed by atoms with Gasteiger partial charge < -0.3 is 10.6 Å². The van der Waals surface area contributed by atoms with E-state index in [0.29, 0.717) is 19.5 Å². The Bertz CT molecular complexity index is 413. The van der Waals surface area contributed by atoms with Crippen molar-refractivity contribution in [2.24, 2.45) is 11.1 Å². The zero-order valence-electron chi connectivity index (χ0n) is 11.9. The van der Waals surface area contributed by atoms with Gasteiger partial charge >= 0.3 is 0 Å². The fraction of sp³-hybridized carbons (Fsp3) is 0.533. The lowest BCUT2D eigenvalue weighted by atomic mass is 9.93. The molecule has 1 amide bonds. The van der Waals surface area contributed by atoms with Crippen LogP contribution in [0.25, 0.3) is 0 Å². The lowest BCUT2D eigenvalue weighted by Gasteiger charge is -2.29. The minimum absolute atomic E-state index is 0.0307. The van der Waals surface area contributed by atoms with E-state index in [2.05, 4.69) is 19.9 Å². The van der Waals surface area contributed by atoms with Crippen molar-refractivity contribution in [2.75, 3.05) is 20.1 Å². The van der Waals surface area contributed by atoms with Crippen molar-refractivity contribution in [3.63, 3.8) is 0 Å². The van der Waals surface area contributed by atoms with E-state index in [1.807, 2.05) is 32.2 Å². The zero-order chi connectivity index (χ0) is 13.8. The highest BCUT2D eigenvalue weighted by atomic mass is 16.2. The quantitative estimate of drug-likeness (QED) is 0.866. The van der Waals surface area contributed by atoms with Gasteiger partial charge in [0.25, 0.3) is 0 Å². The molecule has 1 aromatic rings. The molecule has 0 spiro atoms. The second-order valence-corrected chi connectivity index (χ2v) is 5.78. The maximum absolute atomic E-state index is 12.1. The van der Waals surface area contributed by atoms with Crippen LogP contribution in [0.5, 0.6) is 0 Å². The van der Waals surface area contributed by atoms with Gasteiger partial charge in [0.15, 0.2) is 0 Å². The summed E-state index contributed by atoms with van der Waals surface area (Å²) in [6.45, 7) is 7.45. The fourth-order valence-electron chi connectivity index (χ4n) is 1.93. The second kappa shape index (κ2) is 6.01. The third kappa shape index (κ3) is 4.49. The molecule has 0 bridgehead atoms. The number of hydrogen-bond donors (Lipinski definition) is 1. The molecule has 0 radical (unpaired) electrons. The van der Waals surface area contributed by atoms with Gasteiger partial charge in [0.1, 0.15) is 0 Å². The summed E-state index contributed by atoms with van der Waals surface area (Å²) in [6, 6.07) is 8.07. The summed E-state index contributed by atoms with van der Waals surface area (Å²) in [5, 5.41) is 0.